The summed E-state index contributed by atoms with van der Waals surface area (Å²) in [6.07, 6.45) is 0.229. The van der Waals surface area contributed by atoms with Crippen LogP contribution in [0, 0.1) is 0 Å². The van der Waals surface area contributed by atoms with E-state index < -0.39 is 24.0 Å². The minimum Gasteiger partial charge on any atom is -0.504 e. The Kier molecular flexibility index (Phi) is 11.0. The van der Waals surface area contributed by atoms with E-state index in [1.807, 2.05) is 6.79 Å². The van der Waals surface area contributed by atoms with E-state index in [9.17, 15) is 9.59 Å². The Bertz CT molecular complexity index is 788. The quantitative estimate of drug-likeness (QED) is 0.286. The summed E-state index contributed by atoms with van der Waals surface area (Å²) in [7, 11) is 0. The lowest BCUT2D eigenvalue weighted by Crippen LogP contribution is -2.32. The summed E-state index contributed by atoms with van der Waals surface area (Å²) in [5.41, 5.74) is 11.7. The normalized spacial score (nSPS) is 11.7. The van der Waals surface area contributed by atoms with Crippen molar-refractivity contribution in [2.75, 3.05) is 0 Å². The number of carbonyl (C=O) groups is 3. The van der Waals surface area contributed by atoms with Gasteiger partial charge in [-0.05, 0) is 48.2 Å². The van der Waals surface area contributed by atoms with Crippen LogP contribution in [0.15, 0.2) is 36.4 Å². The molecule has 11 heteroatoms. The second kappa shape index (κ2) is 12.6. The van der Waals surface area contributed by atoms with Gasteiger partial charge in [-0.25, -0.2) is 0 Å². The molecule has 0 amide bonds. The lowest BCUT2D eigenvalue weighted by Gasteiger charge is -2.06. The van der Waals surface area contributed by atoms with Crippen molar-refractivity contribution in [3.8, 4) is 23.0 Å². The predicted octanol–water partition coefficient (Wildman–Crippen LogP) is -0.0805. The summed E-state index contributed by atoms with van der Waals surface area (Å²) in [6.45, 7) is 2.00. The lowest BCUT2D eigenvalue weighted by atomic mass is 10.1. The Hall–Kier alpha value is -3.83. The number of benzene rings is 2. The number of hydrogen-bond donors (Lipinski definition) is 8. The molecular weight excluding hydrogens is 400 g/mol. The third-order valence-electron chi connectivity index (χ3n) is 3.63. The third kappa shape index (κ3) is 8.91. The van der Waals surface area contributed by atoms with Crippen LogP contribution in [0.25, 0.3) is 0 Å². The minimum atomic E-state index is -1.10. The fourth-order valence-electron chi connectivity index (χ4n) is 2.07. The van der Waals surface area contributed by atoms with Crippen LogP contribution in [0.4, 0.5) is 0 Å². The highest BCUT2D eigenvalue weighted by Crippen LogP contribution is 2.26. The van der Waals surface area contributed by atoms with Crippen molar-refractivity contribution in [1.29, 1.82) is 0 Å². The molecule has 2 aromatic rings. The maximum absolute atomic E-state index is 10.4. The largest absolute Gasteiger partial charge is 0.504 e. The van der Waals surface area contributed by atoms with Gasteiger partial charge in [0.05, 0.1) is 0 Å². The average molecular weight is 424 g/mol. The van der Waals surface area contributed by atoms with Crippen molar-refractivity contribution < 1.29 is 45.0 Å². The number of carboxylic acid groups (broad SMARTS) is 2. The van der Waals surface area contributed by atoms with Gasteiger partial charge in [0.15, 0.2) is 23.0 Å². The van der Waals surface area contributed by atoms with Gasteiger partial charge in [-0.2, -0.15) is 0 Å². The summed E-state index contributed by atoms with van der Waals surface area (Å²) >= 11 is 0. The fourth-order valence-corrected chi connectivity index (χ4v) is 2.07. The highest BCUT2D eigenvalue weighted by atomic mass is 16.4. The van der Waals surface area contributed by atoms with Gasteiger partial charge in [-0.3, -0.25) is 9.59 Å². The van der Waals surface area contributed by atoms with E-state index in [1.54, 1.807) is 0 Å². The van der Waals surface area contributed by atoms with Crippen molar-refractivity contribution in [3.63, 3.8) is 0 Å². The van der Waals surface area contributed by atoms with Gasteiger partial charge in [0.2, 0.25) is 0 Å². The Morgan fingerprint density at radius 1 is 0.700 bits per heavy atom. The minimum absolute atomic E-state index is 0.114. The maximum atomic E-state index is 10.4. The van der Waals surface area contributed by atoms with Crippen molar-refractivity contribution in [2.45, 2.75) is 24.9 Å². The van der Waals surface area contributed by atoms with E-state index in [2.05, 4.69) is 0 Å². The van der Waals surface area contributed by atoms with E-state index >= 15 is 0 Å². The Morgan fingerprint density at radius 2 is 1.00 bits per heavy atom. The van der Waals surface area contributed by atoms with Crippen molar-refractivity contribution in [2.24, 2.45) is 11.5 Å². The van der Waals surface area contributed by atoms with E-state index in [0.29, 0.717) is 11.1 Å². The SMILES string of the molecule is C=O.NC(Cc1ccc(O)c(O)c1)C(=O)O.NC(Cc1ccc(O)c(O)c1)C(=O)O. The first-order chi connectivity index (χ1) is 14.0. The summed E-state index contributed by atoms with van der Waals surface area (Å²) in [6, 6.07) is 6.18. The van der Waals surface area contributed by atoms with Gasteiger partial charge in [0.25, 0.3) is 0 Å². The van der Waals surface area contributed by atoms with Crippen LogP contribution in [0.3, 0.4) is 0 Å². The van der Waals surface area contributed by atoms with Crippen LogP contribution in [-0.4, -0.2) is 61.5 Å². The molecule has 2 atom stereocenters. The molecule has 0 aliphatic heterocycles. The standard InChI is InChI=1S/2C9H11NO4.CH2O/c2*10-6(9(13)14)3-5-1-2-7(11)8(12)4-5;1-2/h2*1-2,4,6,11-12H,3,10H2,(H,13,14);1H2. The number of rotatable bonds is 6. The first-order valence-electron chi connectivity index (χ1n) is 8.28. The molecule has 0 heterocycles. The van der Waals surface area contributed by atoms with Crippen molar-refractivity contribution >= 4 is 18.7 Å². The molecule has 11 nitrogen and oxygen atoms in total. The molecule has 10 N–H and O–H groups in total. The zero-order chi connectivity index (χ0) is 23.4. The number of aliphatic carboxylic acids is 2. The van der Waals surface area contributed by atoms with E-state index in [-0.39, 0.29) is 35.8 Å². The Balaban J connectivity index is 0.000000518. The molecule has 0 radical (unpaired) electrons. The molecule has 164 valence electrons. The van der Waals surface area contributed by atoms with Crippen LogP contribution >= 0.6 is 0 Å². The Labute approximate surface area is 171 Å². The van der Waals surface area contributed by atoms with Gasteiger partial charge < -0.3 is 46.9 Å². The number of nitrogens with two attached hydrogens (primary N) is 2. The van der Waals surface area contributed by atoms with Gasteiger partial charge in [-0.15, -0.1) is 0 Å². The lowest BCUT2D eigenvalue weighted by molar-refractivity contribution is -0.139. The first kappa shape index (κ1) is 26.2. The Morgan fingerprint density at radius 3 is 1.23 bits per heavy atom. The number of carboxylic acids is 2. The van der Waals surface area contributed by atoms with Crippen LogP contribution in [-0.2, 0) is 27.2 Å². The average Bonchev–Trinajstić information content (AvgIpc) is 2.69. The molecule has 2 rings (SSSR count). The van der Waals surface area contributed by atoms with Gasteiger partial charge in [-0.1, -0.05) is 12.1 Å². The molecule has 0 bridgehead atoms. The van der Waals surface area contributed by atoms with E-state index in [0.717, 1.165) is 0 Å². The second-order valence-electron chi connectivity index (χ2n) is 5.94. The third-order valence-corrected chi connectivity index (χ3v) is 3.63. The van der Waals surface area contributed by atoms with Crippen molar-refractivity contribution in [1.82, 2.24) is 0 Å². The van der Waals surface area contributed by atoms with E-state index in [1.165, 1.54) is 36.4 Å². The molecule has 0 saturated carbocycles. The summed E-state index contributed by atoms with van der Waals surface area (Å²) < 4.78 is 0. The number of phenolic OH excluding ortho intramolecular Hbond substituents is 4. The van der Waals surface area contributed by atoms with Crippen LogP contribution in [0.1, 0.15) is 11.1 Å². The van der Waals surface area contributed by atoms with Gasteiger partial charge >= 0.3 is 11.9 Å². The number of carbonyl (C=O) groups excluding carboxylic acids is 1. The van der Waals surface area contributed by atoms with Gasteiger partial charge in [0.1, 0.15) is 18.9 Å². The highest BCUT2D eigenvalue weighted by Gasteiger charge is 2.13. The first-order valence-corrected chi connectivity index (χ1v) is 8.28. The van der Waals surface area contributed by atoms with Crippen LogP contribution in [0.2, 0.25) is 0 Å². The van der Waals surface area contributed by atoms with Crippen LogP contribution < -0.4 is 11.5 Å². The molecule has 0 aromatic heterocycles. The molecule has 2 aromatic carbocycles. The monoisotopic (exact) mass is 424 g/mol. The summed E-state index contributed by atoms with van der Waals surface area (Å²) in [5, 5.41) is 53.3. The molecular formula is C19H24N2O9. The molecule has 0 aliphatic carbocycles. The van der Waals surface area contributed by atoms with Crippen LogP contribution in [0.5, 0.6) is 23.0 Å². The maximum Gasteiger partial charge on any atom is 0.320 e. The fraction of sp³-hybridized carbons (Fsp3) is 0.211. The molecule has 0 aliphatic rings. The predicted molar refractivity (Wildman–Crippen MR) is 105 cm³/mol. The molecule has 0 fully saturated rings. The molecule has 0 spiro atoms. The molecule has 2 unspecified atom stereocenters. The topological polar surface area (TPSA) is 225 Å². The number of phenols is 4. The highest BCUT2D eigenvalue weighted by molar-refractivity contribution is 5.74. The molecule has 30 heavy (non-hydrogen) atoms. The molecule has 0 saturated heterocycles. The number of aromatic hydroxyl groups is 4. The zero-order valence-electron chi connectivity index (χ0n) is 15.8. The zero-order valence-corrected chi connectivity index (χ0v) is 15.8. The van der Waals surface area contributed by atoms with E-state index in [4.69, 9.17) is 46.9 Å². The van der Waals surface area contributed by atoms with Crippen molar-refractivity contribution in [3.05, 3.63) is 47.5 Å². The number of hydrogen-bond acceptors (Lipinski definition) is 9. The summed E-state index contributed by atoms with van der Waals surface area (Å²) in [4.78, 5) is 28.8. The second-order valence-corrected chi connectivity index (χ2v) is 5.94. The summed E-state index contributed by atoms with van der Waals surface area (Å²) in [5.74, 6) is -3.23. The smallest absolute Gasteiger partial charge is 0.320 e. The van der Waals surface area contributed by atoms with Gasteiger partial charge in [0, 0.05) is 0 Å².